The summed E-state index contributed by atoms with van der Waals surface area (Å²) < 4.78 is 1.67. The van der Waals surface area contributed by atoms with E-state index in [1.54, 1.807) is 4.31 Å². The van der Waals surface area contributed by atoms with Crippen molar-refractivity contribution in [3.8, 4) is 0 Å². The van der Waals surface area contributed by atoms with Gasteiger partial charge in [0.15, 0.2) is 0 Å². The van der Waals surface area contributed by atoms with Crippen molar-refractivity contribution < 1.29 is 4.79 Å². The van der Waals surface area contributed by atoms with Gasteiger partial charge in [0.1, 0.15) is 6.29 Å². The Hall–Kier alpha value is -0.0200. The monoisotopic (exact) mass is 119 g/mol. The molecule has 42 valence electrons. The highest BCUT2D eigenvalue weighted by molar-refractivity contribution is 7.77. The Balaban J connectivity index is 2.81. The zero-order valence-corrected chi connectivity index (χ0v) is 5.19. The number of hydrogen-bond acceptors (Lipinski definition) is 3. The molecule has 0 saturated carbocycles. The first-order valence-corrected chi connectivity index (χ1v) is 2.51. The van der Waals surface area contributed by atoms with Gasteiger partial charge in [0, 0.05) is 13.0 Å². The molecule has 0 aliphatic carbocycles. The molecule has 0 fully saturated rings. The highest BCUT2D eigenvalue weighted by Gasteiger charge is 1.85. The highest BCUT2D eigenvalue weighted by atomic mass is 32.1. The van der Waals surface area contributed by atoms with Crippen molar-refractivity contribution in [1.29, 1.82) is 0 Å². The van der Waals surface area contributed by atoms with Crippen LogP contribution >= 0.6 is 12.8 Å². The smallest absolute Gasteiger partial charge is 0.121 e. The van der Waals surface area contributed by atoms with Crippen LogP contribution in [0, 0.1) is 0 Å². The minimum atomic E-state index is 0.569. The van der Waals surface area contributed by atoms with Gasteiger partial charge in [-0.3, -0.25) is 4.31 Å². The molecule has 0 amide bonds. The fourth-order valence-electron chi connectivity index (χ4n) is 0.240. The second kappa shape index (κ2) is 4.15. The van der Waals surface area contributed by atoms with Crippen LogP contribution in [0.15, 0.2) is 0 Å². The Bertz CT molecular complexity index is 55.7. The van der Waals surface area contributed by atoms with Crippen LogP contribution in [0.5, 0.6) is 0 Å². The predicted molar refractivity (Wildman–Crippen MR) is 32.3 cm³/mol. The minimum Gasteiger partial charge on any atom is -0.303 e. The maximum absolute atomic E-state index is 9.65. The second-order valence-corrected chi connectivity index (χ2v) is 2.02. The van der Waals surface area contributed by atoms with E-state index in [2.05, 4.69) is 12.8 Å². The van der Waals surface area contributed by atoms with Crippen LogP contribution in [0.2, 0.25) is 0 Å². The van der Waals surface area contributed by atoms with Crippen molar-refractivity contribution >= 4 is 19.1 Å². The number of nitrogens with zero attached hydrogens (tertiary/aromatic N) is 1. The number of thiol groups is 1. The number of hydrogen-bond donors (Lipinski definition) is 1. The summed E-state index contributed by atoms with van der Waals surface area (Å²) in [5.41, 5.74) is 0. The molecule has 0 N–H and O–H groups in total. The van der Waals surface area contributed by atoms with Crippen LogP contribution < -0.4 is 0 Å². The molecule has 0 atom stereocenters. The molecular formula is C4H9NOS. The average molecular weight is 119 g/mol. The summed E-state index contributed by atoms with van der Waals surface area (Å²) in [6, 6.07) is 0. The van der Waals surface area contributed by atoms with Crippen LogP contribution in [0.25, 0.3) is 0 Å². The van der Waals surface area contributed by atoms with Gasteiger partial charge in [-0.25, -0.2) is 0 Å². The maximum atomic E-state index is 9.65. The average Bonchev–Trinajstić information content (AvgIpc) is 1.61. The fraction of sp³-hybridized carbons (Fsp3) is 0.750. The third kappa shape index (κ3) is 5.98. The summed E-state index contributed by atoms with van der Waals surface area (Å²) in [5, 5.41) is 0. The van der Waals surface area contributed by atoms with E-state index in [0.29, 0.717) is 6.42 Å². The molecule has 0 rings (SSSR count). The summed E-state index contributed by atoms with van der Waals surface area (Å²) in [6.45, 7) is 0.729. The van der Waals surface area contributed by atoms with Crippen LogP contribution in [-0.2, 0) is 4.79 Å². The number of carbonyl (C=O) groups is 1. The van der Waals surface area contributed by atoms with Gasteiger partial charge in [-0.05, 0) is 7.05 Å². The number of carbonyl (C=O) groups excluding carboxylic acids is 1. The van der Waals surface area contributed by atoms with E-state index >= 15 is 0 Å². The molecule has 2 nitrogen and oxygen atoms in total. The van der Waals surface area contributed by atoms with E-state index in [0.717, 1.165) is 12.8 Å². The van der Waals surface area contributed by atoms with Gasteiger partial charge < -0.3 is 4.79 Å². The van der Waals surface area contributed by atoms with Gasteiger partial charge in [-0.15, -0.1) is 0 Å². The molecule has 0 bridgehead atoms. The SMILES string of the molecule is CN(S)CCC=O. The van der Waals surface area contributed by atoms with Gasteiger partial charge in [-0.2, -0.15) is 0 Å². The van der Waals surface area contributed by atoms with Gasteiger partial charge in [-0.1, -0.05) is 12.8 Å². The van der Waals surface area contributed by atoms with Crippen LogP contribution in [0.4, 0.5) is 0 Å². The number of rotatable bonds is 3. The third-order valence-corrected chi connectivity index (χ3v) is 0.771. The topological polar surface area (TPSA) is 20.3 Å². The molecule has 0 aromatic rings. The van der Waals surface area contributed by atoms with Crippen LogP contribution in [0.3, 0.4) is 0 Å². The maximum Gasteiger partial charge on any atom is 0.121 e. The molecule has 0 spiro atoms. The lowest BCUT2D eigenvalue weighted by Gasteiger charge is -2.01. The first kappa shape index (κ1) is 6.98. The molecule has 0 aliphatic rings. The third-order valence-electron chi connectivity index (χ3n) is 0.571. The van der Waals surface area contributed by atoms with E-state index in [9.17, 15) is 4.79 Å². The molecule has 7 heavy (non-hydrogen) atoms. The van der Waals surface area contributed by atoms with Gasteiger partial charge in [0.25, 0.3) is 0 Å². The minimum absolute atomic E-state index is 0.569. The molecule has 0 saturated heterocycles. The lowest BCUT2D eigenvalue weighted by Crippen LogP contribution is -2.06. The van der Waals surface area contributed by atoms with Gasteiger partial charge >= 0.3 is 0 Å². The van der Waals surface area contributed by atoms with Crippen molar-refractivity contribution in [1.82, 2.24) is 4.31 Å². The zero-order valence-electron chi connectivity index (χ0n) is 4.29. The van der Waals surface area contributed by atoms with Crippen molar-refractivity contribution in [2.45, 2.75) is 6.42 Å². The summed E-state index contributed by atoms with van der Waals surface area (Å²) in [7, 11) is 1.81. The van der Waals surface area contributed by atoms with Crippen molar-refractivity contribution in [2.75, 3.05) is 13.6 Å². The Morgan fingerprint density at radius 3 is 2.57 bits per heavy atom. The first-order valence-electron chi connectivity index (χ1n) is 2.11. The zero-order chi connectivity index (χ0) is 5.70. The van der Waals surface area contributed by atoms with Crippen LogP contribution in [0.1, 0.15) is 6.42 Å². The van der Waals surface area contributed by atoms with Gasteiger partial charge in [0.05, 0.1) is 0 Å². The normalized spacial score (nSPS) is 9.57. The molecule has 0 aromatic carbocycles. The number of aldehydes is 1. The molecule has 0 unspecified atom stereocenters. The molecule has 0 aromatic heterocycles. The predicted octanol–water partition coefficient (Wildman–Crippen LogP) is 0.352. The lowest BCUT2D eigenvalue weighted by atomic mass is 10.5. The Morgan fingerprint density at radius 2 is 2.43 bits per heavy atom. The lowest BCUT2D eigenvalue weighted by molar-refractivity contribution is -0.107. The van der Waals surface area contributed by atoms with Gasteiger partial charge in [0.2, 0.25) is 0 Å². The van der Waals surface area contributed by atoms with E-state index in [1.165, 1.54) is 0 Å². The standard InChI is InChI=1S/C4H9NOS/c1-5(7)3-2-4-6/h4,7H,2-3H2,1H3. The second-order valence-electron chi connectivity index (χ2n) is 1.34. The molecule has 3 heteroatoms. The van der Waals surface area contributed by atoms with E-state index in [-0.39, 0.29) is 0 Å². The molecule has 0 aliphatic heterocycles. The molecular weight excluding hydrogens is 110 g/mol. The molecule has 0 radical (unpaired) electrons. The largest absolute Gasteiger partial charge is 0.303 e. The summed E-state index contributed by atoms with van der Waals surface area (Å²) in [4.78, 5) is 9.65. The highest BCUT2D eigenvalue weighted by Crippen LogP contribution is 1.85. The summed E-state index contributed by atoms with van der Waals surface area (Å²) in [5.74, 6) is 0. The van der Waals surface area contributed by atoms with E-state index in [1.807, 2.05) is 7.05 Å². The van der Waals surface area contributed by atoms with Crippen molar-refractivity contribution in [2.24, 2.45) is 0 Å². The Labute approximate surface area is 49.0 Å². The van der Waals surface area contributed by atoms with Crippen molar-refractivity contribution in [3.63, 3.8) is 0 Å². The summed E-state index contributed by atoms with van der Waals surface area (Å²) in [6.07, 6.45) is 1.45. The van der Waals surface area contributed by atoms with E-state index < -0.39 is 0 Å². The summed E-state index contributed by atoms with van der Waals surface area (Å²) >= 11 is 3.91. The Kier molecular flexibility index (Phi) is 4.14. The first-order chi connectivity index (χ1) is 3.27. The quantitative estimate of drug-likeness (QED) is 0.427. The van der Waals surface area contributed by atoms with E-state index in [4.69, 9.17) is 0 Å². The Morgan fingerprint density at radius 1 is 1.86 bits per heavy atom. The fourth-order valence-corrected chi connectivity index (χ4v) is 0.355. The molecule has 0 heterocycles. The van der Waals surface area contributed by atoms with Crippen LogP contribution in [-0.4, -0.2) is 24.2 Å². The van der Waals surface area contributed by atoms with Crippen molar-refractivity contribution in [3.05, 3.63) is 0 Å².